The van der Waals surface area contributed by atoms with Crippen LogP contribution in [0.2, 0.25) is 5.02 Å². The van der Waals surface area contributed by atoms with E-state index in [-0.39, 0.29) is 28.1 Å². The highest BCUT2D eigenvalue weighted by Gasteiger charge is 2.36. The molecule has 0 radical (unpaired) electrons. The number of sulfonamides is 1. The first-order valence-electron chi connectivity index (χ1n) is 10.9. The van der Waals surface area contributed by atoms with Crippen LogP contribution < -0.4 is 10.0 Å². The Morgan fingerprint density at radius 2 is 1.85 bits per heavy atom. The van der Waals surface area contributed by atoms with E-state index in [0.29, 0.717) is 24.1 Å². The monoisotopic (exact) mass is 516 g/mol. The van der Waals surface area contributed by atoms with Crippen LogP contribution in [0.4, 0.5) is 18.9 Å². The number of carbonyl (C=O) groups excluding carboxylic acids is 1. The summed E-state index contributed by atoms with van der Waals surface area (Å²) < 4.78 is 74.8. The predicted molar refractivity (Wildman–Crippen MR) is 122 cm³/mol. The molecule has 1 aliphatic carbocycles. The van der Waals surface area contributed by atoms with Gasteiger partial charge in [0.15, 0.2) is 0 Å². The van der Waals surface area contributed by atoms with Crippen molar-refractivity contribution in [3.8, 4) is 0 Å². The Morgan fingerprint density at radius 1 is 1.12 bits per heavy atom. The lowest BCUT2D eigenvalue weighted by molar-refractivity contribution is -0.137. The van der Waals surface area contributed by atoms with Gasteiger partial charge in [-0.15, -0.1) is 0 Å². The first-order valence-corrected chi connectivity index (χ1v) is 12.8. The minimum atomic E-state index is -4.76. The lowest BCUT2D eigenvalue weighted by Crippen LogP contribution is -2.28. The molecule has 2 aliphatic rings. The van der Waals surface area contributed by atoms with Crippen LogP contribution in [0.3, 0.4) is 0 Å². The van der Waals surface area contributed by atoms with E-state index >= 15 is 0 Å². The fourth-order valence-corrected chi connectivity index (χ4v) is 5.93. The molecule has 2 N–H and O–H groups in total. The number of nitrogens with one attached hydrogen (secondary N) is 2. The number of rotatable bonds is 6. The second kappa shape index (κ2) is 9.39. The molecular formula is C23H24ClF3N2O4S. The zero-order valence-corrected chi connectivity index (χ0v) is 19.9. The number of halogens is 4. The van der Waals surface area contributed by atoms with Crippen molar-refractivity contribution in [1.29, 1.82) is 0 Å². The number of hydrogen-bond acceptors (Lipinski definition) is 5. The number of alkyl halides is 3. The maximum Gasteiger partial charge on any atom is 0.417 e. The zero-order chi connectivity index (χ0) is 24.7. The minimum Gasteiger partial charge on any atom is -0.465 e. The second-order valence-corrected chi connectivity index (χ2v) is 10.6. The number of carbonyl (C=O) groups is 1. The summed E-state index contributed by atoms with van der Waals surface area (Å²) in [5.41, 5.74) is -0.423. The Balaban J connectivity index is 1.81. The Hall–Kier alpha value is -2.30. The van der Waals surface area contributed by atoms with E-state index in [9.17, 15) is 26.4 Å². The van der Waals surface area contributed by atoms with Gasteiger partial charge in [-0.2, -0.15) is 13.2 Å². The van der Waals surface area contributed by atoms with Gasteiger partial charge in [-0.1, -0.05) is 24.1 Å². The van der Waals surface area contributed by atoms with Crippen LogP contribution >= 0.6 is 11.6 Å². The van der Waals surface area contributed by atoms with E-state index in [0.717, 1.165) is 31.7 Å². The smallest absolute Gasteiger partial charge is 0.417 e. The van der Waals surface area contributed by atoms with Crippen molar-refractivity contribution in [2.45, 2.75) is 55.1 Å². The fourth-order valence-electron chi connectivity index (χ4n) is 4.24. The van der Waals surface area contributed by atoms with E-state index in [1.807, 2.05) is 0 Å². The van der Waals surface area contributed by atoms with E-state index < -0.39 is 32.8 Å². The molecule has 34 heavy (non-hydrogen) atoms. The van der Waals surface area contributed by atoms with E-state index in [1.165, 1.54) is 25.3 Å². The quantitative estimate of drug-likeness (QED) is 0.485. The fraction of sp³-hybridized carbons (Fsp3) is 0.435. The van der Waals surface area contributed by atoms with Crippen molar-refractivity contribution in [3.05, 3.63) is 57.6 Å². The van der Waals surface area contributed by atoms with E-state index in [4.69, 9.17) is 16.3 Å². The Labute approximate surface area is 200 Å². The van der Waals surface area contributed by atoms with Crippen molar-refractivity contribution in [2.75, 3.05) is 18.4 Å². The topological polar surface area (TPSA) is 84.5 Å². The molecule has 0 amide bonds. The number of benzene rings is 2. The van der Waals surface area contributed by atoms with Crippen LogP contribution in [0.5, 0.6) is 0 Å². The summed E-state index contributed by atoms with van der Waals surface area (Å²) in [6.45, 7) is 0.655. The molecule has 2 aromatic rings. The highest BCUT2D eigenvalue weighted by molar-refractivity contribution is 7.92. The molecule has 0 spiro atoms. The third kappa shape index (κ3) is 5.18. The molecular weight excluding hydrogens is 493 g/mol. The molecule has 1 saturated heterocycles. The van der Waals surface area contributed by atoms with Crippen LogP contribution in [0.1, 0.15) is 71.1 Å². The normalized spacial score (nSPS) is 19.0. The van der Waals surface area contributed by atoms with Gasteiger partial charge >= 0.3 is 12.1 Å². The SMILES string of the molecule is COC(=O)c1ccc(C2CC2)c(S(=O)(=O)Nc2cc(C(F)(F)F)c(Cl)cc2C2CCCCN2)c1. The van der Waals surface area contributed by atoms with Crippen LogP contribution in [-0.2, 0) is 20.9 Å². The van der Waals surface area contributed by atoms with E-state index in [1.54, 1.807) is 6.07 Å². The maximum atomic E-state index is 13.6. The highest BCUT2D eigenvalue weighted by atomic mass is 35.5. The zero-order valence-electron chi connectivity index (χ0n) is 18.3. The van der Waals surface area contributed by atoms with Crippen LogP contribution in [0.25, 0.3) is 0 Å². The second-order valence-electron chi connectivity index (χ2n) is 8.54. The van der Waals surface area contributed by atoms with E-state index in [2.05, 4.69) is 10.0 Å². The van der Waals surface area contributed by atoms with Gasteiger partial charge in [0.1, 0.15) is 0 Å². The average molecular weight is 517 g/mol. The molecule has 2 fully saturated rings. The molecule has 0 bridgehead atoms. The average Bonchev–Trinajstić information content (AvgIpc) is 3.64. The van der Waals surface area contributed by atoms with Crippen molar-refractivity contribution in [1.82, 2.24) is 5.32 Å². The van der Waals surface area contributed by atoms with Gasteiger partial charge in [0, 0.05) is 6.04 Å². The number of hydrogen-bond donors (Lipinski definition) is 2. The molecule has 0 aromatic heterocycles. The predicted octanol–water partition coefficient (Wildman–Crippen LogP) is 5.64. The standard InChI is InChI=1S/C23H24ClF3N2O4S/c1-33-22(30)14-7-8-15(13-5-6-13)21(10-14)34(31,32)29-20-12-17(23(25,26)27)18(24)11-16(20)19-4-2-3-9-28-19/h7-8,10-13,19,28-29H,2-6,9H2,1H3. The molecule has 6 nitrogen and oxygen atoms in total. The third-order valence-electron chi connectivity index (χ3n) is 6.12. The van der Waals surface area contributed by atoms with Gasteiger partial charge in [-0.25, -0.2) is 13.2 Å². The summed E-state index contributed by atoms with van der Waals surface area (Å²) in [6, 6.07) is 5.83. The molecule has 4 rings (SSSR count). The molecule has 1 heterocycles. The lowest BCUT2D eigenvalue weighted by atomic mass is 9.95. The molecule has 184 valence electrons. The summed E-state index contributed by atoms with van der Waals surface area (Å²) in [4.78, 5) is 11.9. The molecule has 1 atom stereocenters. The molecule has 2 aromatic carbocycles. The molecule has 1 unspecified atom stereocenters. The van der Waals surface area contributed by atoms with Crippen LogP contribution in [0.15, 0.2) is 35.2 Å². The minimum absolute atomic E-state index is 0.00806. The highest BCUT2D eigenvalue weighted by Crippen LogP contribution is 2.45. The number of esters is 1. The van der Waals surface area contributed by atoms with Gasteiger partial charge in [-0.3, -0.25) is 4.72 Å². The third-order valence-corrected chi connectivity index (χ3v) is 7.85. The van der Waals surface area contributed by atoms with Crippen molar-refractivity contribution in [2.24, 2.45) is 0 Å². The van der Waals surface area contributed by atoms with Crippen LogP contribution in [0, 0.1) is 0 Å². The van der Waals surface area contributed by atoms with Crippen molar-refractivity contribution >= 4 is 33.3 Å². The summed E-state index contributed by atoms with van der Waals surface area (Å²) in [5, 5.41) is 2.73. The number of methoxy groups -OCH3 is 1. The number of piperidine rings is 1. The first-order chi connectivity index (χ1) is 16.0. The van der Waals surface area contributed by atoms with Gasteiger partial charge in [-0.05, 0) is 73.5 Å². The summed E-state index contributed by atoms with van der Waals surface area (Å²) in [5.74, 6) is -0.703. The lowest BCUT2D eigenvalue weighted by Gasteiger charge is -2.27. The van der Waals surface area contributed by atoms with Crippen molar-refractivity contribution < 1.29 is 31.1 Å². The maximum absolute atomic E-state index is 13.6. The summed E-state index contributed by atoms with van der Waals surface area (Å²) in [6.07, 6.45) is -0.805. The van der Waals surface area contributed by atoms with Crippen LogP contribution in [-0.4, -0.2) is 28.0 Å². The summed E-state index contributed by atoms with van der Waals surface area (Å²) in [7, 11) is -3.17. The number of anilines is 1. The number of ether oxygens (including phenoxy) is 1. The van der Waals surface area contributed by atoms with Gasteiger partial charge < -0.3 is 10.1 Å². The Bertz CT molecular complexity index is 1210. The Kier molecular flexibility index (Phi) is 6.85. The van der Waals surface area contributed by atoms with Crippen molar-refractivity contribution in [3.63, 3.8) is 0 Å². The summed E-state index contributed by atoms with van der Waals surface area (Å²) >= 11 is 5.96. The largest absolute Gasteiger partial charge is 0.465 e. The molecule has 11 heteroatoms. The van der Waals surface area contributed by atoms with Gasteiger partial charge in [0.05, 0.1) is 33.8 Å². The first kappa shape index (κ1) is 24.8. The van der Waals surface area contributed by atoms with Gasteiger partial charge in [0.2, 0.25) is 0 Å². The molecule has 1 aliphatic heterocycles. The molecule has 1 saturated carbocycles. The van der Waals surface area contributed by atoms with Gasteiger partial charge in [0.25, 0.3) is 10.0 Å². The Morgan fingerprint density at radius 3 is 2.44 bits per heavy atom.